The van der Waals surface area contributed by atoms with Crippen LogP contribution in [0.5, 0.6) is 0 Å². The third-order valence-electron chi connectivity index (χ3n) is 4.08. The lowest BCUT2D eigenvalue weighted by Gasteiger charge is -2.34. The highest BCUT2D eigenvalue weighted by Gasteiger charge is 2.32. The molecule has 0 bridgehead atoms. The van der Waals surface area contributed by atoms with Gasteiger partial charge in [-0.05, 0) is 24.8 Å². The van der Waals surface area contributed by atoms with Crippen molar-refractivity contribution in [2.45, 2.75) is 84.5 Å². The van der Waals surface area contributed by atoms with E-state index < -0.39 is 5.97 Å². The Morgan fingerprint density at radius 1 is 1.05 bits per heavy atom. The molecule has 0 unspecified atom stereocenters. The monoisotopic (exact) mass is 271 g/mol. The Labute approximate surface area is 119 Å². The SMILES string of the molecule is CCCCCCC.NCC1(CC(=O)O)CCCCC1. The normalized spacial score (nSPS) is 17.4. The van der Waals surface area contributed by atoms with Crippen LogP contribution < -0.4 is 5.73 Å². The van der Waals surface area contributed by atoms with Crippen molar-refractivity contribution in [3.63, 3.8) is 0 Å². The third kappa shape index (κ3) is 9.04. The number of carbonyl (C=O) groups is 1. The molecule has 1 fully saturated rings. The molecule has 0 aromatic carbocycles. The van der Waals surface area contributed by atoms with Crippen molar-refractivity contribution >= 4 is 5.97 Å². The fraction of sp³-hybridized carbons (Fsp3) is 0.938. The van der Waals surface area contributed by atoms with Crippen molar-refractivity contribution in [2.75, 3.05) is 6.54 Å². The second-order valence-corrected chi connectivity index (χ2v) is 5.90. The van der Waals surface area contributed by atoms with E-state index in [0.29, 0.717) is 6.54 Å². The standard InChI is InChI=1S/C9H17NO2.C7H16/c10-7-9(6-8(11)12)4-2-1-3-5-9;1-3-5-7-6-4-2/h1-7,10H2,(H,11,12);3-7H2,1-2H3. The van der Waals surface area contributed by atoms with E-state index in [1.54, 1.807) is 0 Å². The fourth-order valence-corrected chi connectivity index (χ4v) is 2.75. The predicted octanol–water partition coefficient (Wildman–Crippen LogP) is 4.35. The minimum absolute atomic E-state index is 0.0793. The van der Waals surface area contributed by atoms with Gasteiger partial charge in [0, 0.05) is 0 Å². The van der Waals surface area contributed by atoms with E-state index in [1.807, 2.05) is 0 Å². The van der Waals surface area contributed by atoms with Crippen LogP contribution in [-0.4, -0.2) is 17.6 Å². The Kier molecular flexibility index (Phi) is 10.9. The van der Waals surface area contributed by atoms with E-state index in [4.69, 9.17) is 10.8 Å². The molecule has 0 aromatic rings. The Bertz CT molecular complexity index is 219. The highest BCUT2D eigenvalue weighted by molar-refractivity contribution is 5.67. The first-order valence-electron chi connectivity index (χ1n) is 8.02. The molecule has 3 nitrogen and oxygen atoms in total. The van der Waals surface area contributed by atoms with Gasteiger partial charge in [0.1, 0.15) is 0 Å². The second kappa shape index (κ2) is 11.3. The van der Waals surface area contributed by atoms with Crippen LogP contribution >= 0.6 is 0 Å². The quantitative estimate of drug-likeness (QED) is 0.677. The summed E-state index contributed by atoms with van der Waals surface area (Å²) < 4.78 is 0. The smallest absolute Gasteiger partial charge is 0.303 e. The maximum Gasteiger partial charge on any atom is 0.303 e. The molecule has 0 atom stereocenters. The van der Waals surface area contributed by atoms with E-state index >= 15 is 0 Å². The molecule has 0 aromatic heterocycles. The van der Waals surface area contributed by atoms with Gasteiger partial charge in [-0.2, -0.15) is 0 Å². The number of aliphatic carboxylic acids is 1. The van der Waals surface area contributed by atoms with E-state index in [1.165, 1.54) is 38.5 Å². The zero-order valence-electron chi connectivity index (χ0n) is 12.9. The molecule has 1 saturated carbocycles. The molecule has 3 N–H and O–H groups in total. The highest BCUT2D eigenvalue weighted by Crippen LogP contribution is 2.38. The first-order valence-corrected chi connectivity index (χ1v) is 8.02. The minimum atomic E-state index is -0.706. The summed E-state index contributed by atoms with van der Waals surface area (Å²) in [6.45, 7) is 5.02. The van der Waals surface area contributed by atoms with Crippen molar-refractivity contribution < 1.29 is 9.90 Å². The number of hydrogen-bond acceptors (Lipinski definition) is 2. The molecule has 1 aliphatic rings. The maximum atomic E-state index is 10.6. The summed E-state index contributed by atoms with van der Waals surface area (Å²) in [5.41, 5.74) is 5.54. The van der Waals surface area contributed by atoms with Crippen LogP contribution in [0.4, 0.5) is 0 Å². The maximum absolute atomic E-state index is 10.6. The first-order chi connectivity index (χ1) is 9.10. The molecule has 0 saturated heterocycles. The van der Waals surface area contributed by atoms with Gasteiger partial charge in [0.05, 0.1) is 6.42 Å². The van der Waals surface area contributed by atoms with Gasteiger partial charge in [-0.25, -0.2) is 0 Å². The molecule has 0 radical (unpaired) electrons. The average Bonchev–Trinajstić information content (AvgIpc) is 2.40. The molecule has 114 valence electrons. The lowest BCUT2D eigenvalue weighted by molar-refractivity contribution is -0.140. The van der Waals surface area contributed by atoms with Crippen LogP contribution in [0.25, 0.3) is 0 Å². The van der Waals surface area contributed by atoms with Gasteiger partial charge in [0.25, 0.3) is 0 Å². The van der Waals surface area contributed by atoms with Crippen molar-refractivity contribution in [1.82, 2.24) is 0 Å². The summed E-state index contributed by atoms with van der Waals surface area (Å²) in [5, 5.41) is 8.71. The van der Waals surface area contributed by atoms with Gasteiger partial charge in [-0.15, -0.1) is 0 Å². The largest absolute Gasteiger partial charge is 0.481 e. The Hall–Kier alpha value is -0.570. The molecule has 0 aliphatic heterocycles. The average molecular weight is 271 g/mol. The van der Waals surface area contributed by atoms with Crippen LogP contribution in [0.3, 0.4) is 0 Å². The minimum Gasteiger partial charge on any atom is -0.481 e. The van der Waals surface area contributed by atoms with Crippen molar-refractivity contribution in [3.05, 3.63) is 0 Å². The number of unbranched alkanes of at least 4 members (excludes halogenated alkanes) is 4. The molecular formula is C16H33NO2. The van der Waals surface area contributed by atoms with E-state index in [-0.39, 0.29) is 11.8 Å². The third-order valence-corrected chi connectivity index (χ3v) is 4.08. The number of hydrogen-bond donors (Lipinski definition) is 2. The highest BCUT2D eigenvalue weighted by atomic mass is 16.4. The molecule has 1 rings (SSSR count). The van der Waals surface area contributed by atoms with Gasteiger partial charge >= 0.3 is 5.97 Å². The van der Waals surface area contributed by atoms with Gasteiger partial charge in [-0.1, -0.05) is 65.2 Å². The number of carboxylic acid groups (broad SMARTS) is 1. The van der Waals surface area contributed by atoms with Crippen LogP contribution in [-0.2, 0) is 4.79 Å². The predicted molar refractivity (Wildman–Crippen MR) is 81.3 cm³/mol. The fourth-order valence-electron chi connectivity index (χ4n) is 2.75. The number of rotatable bonds is 7. The van der Waals surface area contributed by atoms with Crippen LogP contribution in [0.1, 0.15) is 84.5 Å². The molecule has 0 amide bonds. The molecule has 3 heteroatoms. The van der Waals surface area contributed by atoms with Crippen LogP contribution in [0, 0.1) is 5.41 Å². The second-order valence-electron chi connectivity index (χ2n) is 5.90. The van der Waals surface area contributed by atoms with Crippen molar-refractivity contribution in [1.29, 1.82) is 0 Å². The summed E-state index contributed by atoms with van der Waals surface area (Å²) >= 11 is 0. The number of nitrogens with two attached hydrogens (primary N) is 1. The lowest BCUT2D eigenvalue weighted by atomic mass is 9.72. The van der Waals surface area contributed by atoms with Gasteiger partial charge in [0.2, 0.25) is 0 Å². The summed E-state index contributed by atoms with van der Waals surface area (Å²) in [6.07, 6.45) is 12.8. The van der Waals surface area contributed by atoms with E-state index in [2.05, 4.69) is 13.8 Å². The van der Waals surface area contributed by atoms with E-state index in [9.17, 15) is 4.79 Å². The summed E-state index contributed by atoms with van der Waals surface area (Å²) in [6, 6.07) is 0. The van der Waals surface area contributed by atoms with Crippen LogP contribution in [0.15, 0.2) is 0 Å². The molecule has 0 heterocycles. The topological polar surface area (TPSA) is 63.3 Å². The van der Waals surface area contributed by atoms with Crippen molar-refractivity contribution in [3.8, 4) is 0 Å². The summed E-state index contributed by atoms with van der Waals surface area (Å²) in [5.74, 6) is -0.706. The van der Waals surface area contributed by atoms with Gasteiger partial charge in [0.15, 0.2) is 0 Å². The zero-order chi connectivity index (χ0) is 14.6. The zero-order valence-corrected chi connectivity index (χ0v) is 12.9. The Morgan fingerprint density at radius 3 is 1.95 bits per heavy atom. The molecule has 1 aliphatic carbocycles. The first kappa shape index (κ1) is 18.4. The Balaban J connectivity index is 0.000000399. The summed E-state index contributed by atoms with van der Waals surface area (Å²) in [4.78, 5) is 10.6. The van der Waals surface area contributed by atoms with Crippen molar-refractivity contribution in [2.24, 2.45) is 11.1 Å². The van der Waals surface area contributed by atoms with Gasteiger partial charge < -0.3 is 10.8 Å². The lowest BCUT2D eigenvalue weighted by Crippen LogP contribution is -2.34. The Morgan fingerprint density at radius 2 is 1.58 bits per heavy atom. The molecular weight excluding hydrogens is 238 g/mol. The van der Waals surface area contributed by atoms with Crippen LogP contribution in [0.2, 0.25) is 0 Å². The van der Waals surface area contributed by atoms with E-state index in [0.717, 1.165) is 25.7 Å². The molecule has 19 heavy (non-hydrogen) atoms. The molecule has 0 spiro atoms. The number of carboxylic acids is 1. The van der Waals surface area contributed by atoms with Gasteiger partial charge in [-0.3, -0.25) is 4.79 Å². The summed E-state index contributed by atoms with van der Waals surface area (Å²) in [7, 11) is 0.